The number of aliphatic carboxylic acids is 1. The molecule has 0 bridgehead atoms. The van der Waals surface area contributed by atoms with Crippen LogP contribution in [0.1, 0.15) is 25.7 Å². The van der Waals surface area contributed by atoms with Gasteiger partial charge in [-0.15, -0.1) is 0 Å². The zero-order valence-electron chi connectivity index (χ0n) is 16.3. The number of hydrogen-bond donors (Lipinski definition) is 1. The summed E-state index contributed by atoms with van der Waals surface area (Å²) in [6, 6.07) is 1.89. The molecular weight excluding hydrogens is 389 g/mol. The summed E-state index contributed by atoms with van der Waals surface area (Å²) >= 11 is 0. The molecule has 4 heterocycles. The van der Waals surface area contributed by atoms with Crippen molar-refractivity contribution in [1.29, 1.82) is 0 Å². The highest BCUT2D eigenvalue weighted by Gasteiger charge is 2.41. The van der Waals surface area contributed by atoms with Crippen LogP contribution >= 0.6 is 0 Å². The molecule has 10 heteroatoms. The number of hydrogen-bond acceptors (Lipinski definition) is 6. The van der Waals surface area contributed by atoms with Gasteiger partial charge in [-0.05, 0) is 49.6 Å². The van der Waals surface area contributed by atoms with Gasteiger partial charge >= 0.3 is 12.1 Å². The second-order valence-corrected chi connectivity index (χ2v) is 8.05. The lowest BCUT2D eigenvalue weighted by molar-refractivity contribution is -0.192. The normalized spacial score (nSPS) is 24.4. The van der Waals surface area contributed by atoms with Crippen molar-refractivity contribution in [3.05, 3.63) is 18.5 Å². The average Bonchev–Trinajstić information content (AvgIpc) is 3.34. The third kappa shape index (κ3) is 6.02. The predicted octanol–water partition coefficient (Wildman–Crippen LogP) is 2.44. The Balaban J connectivity index is 0.000000298. The highest BCUT2D eigenvalue weighted by molar-refractivity contribution is 5.73. The summed E-state index contributed by atoms with van der Waals surface area (Å²) in [5, 5.41) is 7.12. The lowest BCUT2D eigenvalue weighted by Gasteiger charge is -2.39. The molecule has 1 aromatic heterocycles. The minimum atomic E-state index is -5.08. The fraction of sp³-hybridized carbons (Fsp3) is 0.737. The Morgan fingerprint density at radius 1 is 1.21 bits per heavy atom. The maximum atomic E-state index is 10.6. The number of halogens is 3. The molecule has 3 aliphatic rings. The van der Waals surface area contributed by atoms with E-state index in [-0.39, 0.29) is 0 Å². The number of rotatable bonds is 3. The molecule has 3 aliphatic heterocycles. The van der Waals surface area contributed by atoms with E-state index >= 15 is 0 Å². The van der Waals surface area contributed by atoms with Gasteiger partial charge in [0.05, 0.1) is 6.61 Å². The van der Waals surface area contributed by atoms with Crippen LogP contribution < -0.4 is 4.90 Å². The van der Waals surface area contributed by atoms with E-state index in [4.69, 9.17) is 14.6 Å². The van der Waals surface area contributed by atoms with E-state index in [2.05, 4.69) is 19.8 Å². The first kappa shape index (κ1) is 21.8. The molecule has 29 heavy (non-hydrogen) atoms. The van der Waals surface area contributed by atoms with Gasteiger partial charge in [0, 0.05) is 45.2 Å². The number of piperidine rings is 1. The Hall–Kier alpha value is -1.94. The van der Waals surface area contributed by atoms with Crippen LogP contribution in [0.25, 0.3) is 0 Å². The third-order valence-electron chi connectivity index (χ3n) is 5.96. The quantitative estimate of drug-likeness (QED) is 0.811. The van der Waals surface area contributed by atoms with Gasteiger partial charge in [0.15, 0.2) is 0 Å². The van der Waals surface area contributed by atoms with Crippen molar-refractivity contribution in [2.75, 3.05) is 50.8 Å². The summed E-state index contributed by atoms with van der Waals surface area (Å²) in [5.41, 5.74) is 0.546. The number of likely N-dealkylation sites (tertiary alicyclic amines) is 1. The lowest BCUT2D eigenvalue weighted by Crippen LogP contribution is -2.42. The molecule has 1 spiro atoms. The number of aromatic nitrogens is 2. The zero-order valence-corrected chi connectivity index (χ0v) is 16.3. The fourth-order valence-electron chi connectivity index (χ4n) is 4.32. The summed E-state index contributed by atoms with van der Waals surface area (Å²) in [4.78, 5) is 22.7. The van der Waals surface area contributed by atoms with Crippen LogP contribution in [0.2, 0.25) is 0 Å². The van der Waals surface area contributed by atoms with Crippen LogP contribution in [0.3, 0.4) is 0 Å². The Kier molecular flexibility index (Phi) is 6.94. The van der Waals surface area contributed by atoms with Crippen molar-refractivity contribution in [3.8, 4) is 0 Å². The molecule has 0 amide bonds. The molecular formula is C19H27F3N4O3. The van der Waals surface area contributed by atoms with Crippen LogP contribution in [0.4, 0.5) is 19.1 Å². The standard InChI is InChI=1S/C17H26N4O.C2HF3O2/c1-6-18-16(19-7-1)21-9-4-17(5-10-21)3-8-20(14-17)12-15-2-11-22-13-15;3-2(4,5)1(6)7/h1,6-7,15H,2-5,8-14H2;(H,6,7). The van der Waals surface area contributed by atoms with Crippen molar-refractivity contribution in [2.24, 2.45) is 11.3 Å². The van der Waals surface area contributed by atoms with Crippen LogP contribution in [-0.4, -0.2) is 78.1 Å². The van der Waals surface area contributed by atoms with Gasteiger partial charge in [-0.3, -0.25) is 0 Å². The van der Waals surface area contributed by atoms with Gasteiger partial charge in [-0.1, -0.05) is 0 Å². The highest BCUT2D eigenvalue weighted by Crippen LogP contribution is 2.41. The SMILES string of the molecule is O=C(O)C(F)(F)F.c1cnc(N2CCC3(CCN(CC4CCOC4)C3)CC2)nc1. The topological polar surface area (TPSA) is 78.8 Å². The zero-order chi connectivity index (χ0) is 20.9. The minimum Gasteiger partial charge on any atom is -0.475 e. The van der Waals surface area contributed by atoms with E-state index < -0.39 is 12.1 Å². The maximum Gasteiger partial charge on any atom is 0.490 e. The van der Waals surface area contributed by atoms with Crippen molar-refractivity contribution < 1.29 is 27.8 Å². The van der Waals surface area contributed by atoms with E-state index in [0.717, 1.165) is 38.2 Å². The van der Waals surface area contributed by atoms with Crippen LogP contribution in [0, 0.1) is 11.3 Å². The second-order valence-electron chi connectivity index (χ2n) is 8.05. The first-order chi connectivity index (χ1) is 13.8. The molecule has 0 aliphatic carbocycles. The maximum absolute atomic E-state index is 10.6. The second kappa shape index (κ2) is 9.25. The molecule has 1 N–H and O–H groups in total. The highest BCUT2D eigenvalue weighted by atomic mass is 19.4. The van der Waals surface area contributed by atoms with Gasteiger partial charge in [-0.2, -0.15) is 13.2 Å². The monoisotopic (exact) mass is 416 g/mol. The number of carboxylic acids is 1. The lowest BCUT2D eigenvalue weighted by atomic mass is 9.78. The minimum absolute atomic E-state index is 0.546. The van der Waals surface area contributed by atoms with Crippen molar-refractivity contribution in [2.45, 2.75) is 31.9 Å². The Morgan fingerprint density at radius 2 is 1.83 bits per heavy atom. The summed E-state index contributed by atoms with van der Waals surface area (Å²) in [6.07, 6.45) is 3.78. The molecule has 0 aromatic carbocycles. The van der Waals surface area contributed by atoms with Crippen molar-refractivity contribution >= 4 is 11.9 Å². The number of nitrogens with zero attached hydrogens (tertiary/aromatic N) is 4. The van der Waals surface area contributed by atoms with E-state index in [0.29, 0.717) is 5.41 Å². The molecule has 4 rings (SSSR count). The summed E-state index contributed by atoms with van der Waals surface area (Å²) in [7, 11) is 0. The van der Waals surface area contributed by atoms with Gasteiger partial charge in [0.25, 0.3) is 0 Å². The molecule has 0 radical (unpaired) electrons. The van der Waals surface area contributed by atoms with Gasteiger partial charge in [0.2, 0.25) is 5.95 Å². The molecule has 1 aromatic rings. The Morgan fingerprint density at radius 3 is 2.38 bits per heavy atom. The molecule has 162 valence electrons. The van der Waals surface area contributed by atoms with E-state index in [1.165, 1.54) is 45.3 Å². The van der Waals surface area contributed by atoms with Crippen molar-refractivity contribution in [1.82, 2.24) is 14.9 Å². The smallest absolute Gasteiger partial charge is 0.475 e. The predicted molar refractivity (Wildman–Crippen MR) is 99.6 cm³/mol. The van der Waals surface area contributed by atoms with E-state index in [9.17, 15) is 13.2 Å². The Labute approximate surface area is 167 Å². The van der Waals surface area contributed by atoms with E-state index in [1.807, 2.05) is 18.5 Å². The summed E-state index contributed by atoms with van der Waals surface area (Å²) in [5.74, 6) is -1.09. The summed E-state index contributed by atoms with van der Waals surface area (Å²) in [6.45, 7) is 7.95. The number of anilines is 1. The summed E-state index contributed by atoms with van der Waals surface area (Å²) < 4.78 is 37.3. The first-order valence-electron chi connectivity index (χ1n) is 9.90. The van der Waals surface area contributed by atoms with Crippen LogP contribution in [0.15, 0.2) is 18.5 Å². The molecule has 7 nitrogen and oxygen atoms in total. The molecule has 1 unspecified atom stereocenters. The number of alkyl halides is 3. The Bertz CT molecular complexity index is 660. The fourth-order valence-corrected chi connectivity index (χ4v) is 4.32. The largest absolute Gasteiger partial charge is 0.490 e. The molecule has 3 saturated heterocycles. The number of carbonyl (C=O) groups is 1. The first-order valence-corrected chi connectivity index (χ1v) is 9.90. The van der Waals surface area contributed by atoms with Gasteiger partial charge in [-0.25, -0.2) is 14.8 Å². The van der Waals surface area contributed by atoms with Gasteiger partial charge < -0.3 is 19.6 Å². The van der Waals surface area contributed by atoms with Crippen molar-refractivity contribution in [3.63, 3.8) is 0 Å². The van der Waals surface area contributed by atoms with Crippen LogP contribution in [0.5, 0.6) is 0 Å². The molecule has 1 atom stereocenters. The van der Waals surface area contributed by atoms with Gasteiger partial charge in [0.1, 0.15) is 0 Å². The average molecular weight is 416 g/mol. The third-order valence-corrected chi connectivity index (χ3v) is 5.96. The number of ether oxygens (including phenoxy) is 1. The molecule has 3 fully saturated rings. The van der Waals surface area contributed by atoms with E-state index in [1.54, 1.807) is 0 Å². The number of carboxylic acid groups (broad SMARTS) is 1. The van der Waals surface area contributed by atoms with Crippen LogP contribution in [-0.2, 0) is 9.53 Å². The molecule has 0 saturated carbocycles.